The van der Waals surface area contributed by atoms with E-state index in [9.17, 15) is 0 Å². The fraction of sp³-hybridized carbons (Fsp3) is 0.500. The Balaban J connectivity index is 1.81. The van der Waals surface area contributed by atoms with Crippen molar-refractivity contribution >= 4 is 5.96 Å². The molecule has 4 heteroatoms. The Bertz CT molecular complexity index is 425. The van der Waals surface area contributed by atoms with Crippen LogP contribution in [0.4, 0.5) is 0 Å². The zero-order chi connectivity index (χ0) is 12.8. The molecule has 0 aromatic heterocycles. The average molecular weight is 247 g/mol. The molecular weight excluding hydrogens is 226 g/mol. The van der Waals surface area contributed by atoms with Gasteiger partial charge in [-0.15, -0.1) is 0 Å². The molecule has 0 bridgehead atoms. The number of fused-ring (bicyclic) bond motifs is 1. The van der Waals surface area contributed by atoms with Crippen molar-refractivity contribution in [1.82, 2.24) is 0 Å². The van der Waals surface area contributed by atoms with E-state index in [4.69, 9.17) is 16.2 Å². The molecule has 98 valence electrons. The Kier molecular flexibility index (Phi) is 4.45. The number of rotatable bonds is 5. The second-order valence-electron chi connectivity index (χ2n) is 4.66. The monoisotopic (exact) mass is 247 g/mol. The van der Waals surface area contributed by atoms with Crippen molar-refractivity contribution in [2.75, 3.05) is 13.2 Å². The fourth-order valence-corrected chi connectivity index (χ4v) is 2.22. The number of benzene rings is 1. The number of hydrogen-bond donors (Lipinski definition) is 2. The summed E-state index contributed by atoms with van der Waals surface area (Å²) in [6.45, 7) is 1.57. The van der Waals surface area contributed by atoms with Crippen molar-refractivity contribution < 1.29 is 4.74 Å². The van der Waals surface area contributed by atoms with Crippen molar-refractivity contribution in [3.63, 3.8) is 0 Å². The molecule has 1 aliphatic rings. The largest absolute Gasteiger partial charge is 0.493 e. The first-order chi connectivity index (χ1) is 8.75. The quantitative estimate of drug-likeness (QED) is 0.471. The van der Waals surface area contributed by atoms with E-state index in [1.807, 2.05) is 0 Å². The van der Waals surface area contributed by atoms with Crippen LogP contribution in [0.25, 0.3) is 0 Å². The van der Waals surface area contributed by atoms with Gasteiger partial charge in [0.1, 0.15) is 5.75 Å². The molecule has 0 radical (unpaired) electrons. The average Bonchev–Trinajstić information content (AvgIpc) is 2.38. The number of nitrogens with zero attached hydrogens (tertiary/aromatic N) is 1. The number of aliphatic imine (C=N–C) groups is 1. The molecule has 0 spiro atoms. The number of ether oxygens (including phenoxy) is 1. The summed E-state index contributed by atoms with van der Waals surface area (Å²) in [5, 5.41) is 0. The molecule has 0 unspecified atom stereocenters. The Hall–Kier alpha value is -1.71. The highest BCUT2D eigenvalue weighted by molar-refractivity contribution is 5.75. The van der Waals surface area contributed by atoms with E-state index in [1.165, 1.54) is 11.1 Å². The summed E-state index contributed by atoms with van der Waals surface area (Å²) in [5.74, 6) is 1.24. The van der Waals surface area contributed by atoms with Gasteiger partial charge in [0.25, 0.3) is 0 Å². The predicted octanol–water partition coefficient (Wildman–Crippen LogP) is 1.61. The number of aryl methyl sites for hydroxylation is 2. The fourth-order valence-electron chi connectivity index (χ4n) is 2.22. The lowest BCUT2D eigenvalue weighted by Gasteiger charge is -2.17. The van der Waals surface area contributed by atoms with Crippen molar-refractivity contribution in [1.29, 1.82) is 0 Å². The Labute approximate surface area is 108 Å². The van der Waals surface area contributed by atoms with Gasteiger partial charge in [-0.3, -0.25) is 4.99 Å². The number of unbranched alkanes of at least 4 members (excludes halogenated alkanes) is 1. The molecular formula is C14H21N3O. The summed E-state index contributed by atoms with van der Waals surface area (Å²) in [6, 6.07) is 6.53. The third-order valence-corrected chi connectivity index (χ3v) is 3.14. The first-order valence-corrected chi connectivity index (χ1v) is 6.56. The standard InChI is InChI=1S/C14H21N3O/c15-14(16)17-8-2-1-4-11-6-7-13-12(10-11)5-3-9-18-13/h6-7,10H,1-5,8-9H2,(H4,15,16,17). The van der Waals surface area contributed by atoms with E-state index in [0.717, 1.165) is 51.0 Å². The number of guanidine groups is 1. The van der Waals surface area contributed by atoms with Gasteiger partial charge in [-0.1, -0.05) is 12.1 Å². The molecule has 0 aliphatic carbocycles. The highest BCUT2D eigenvalue weighted by Gasteiger charge is 2.10. The Morgan fingerprint density at radius 2 is 2.17 bits per heavy atom. The maximum absolute atomic E-state index is 5.60. The molecule has 4 N–H and O–H groups in total. The molecule has 0 atom stereocenters. The zero-order valence-electron chi connectivity index (χ0n) is 10.7. The summed E-state index contributed by atoms with van der Waals surface area (Å²) in [6.07, 6.45) is 5.47. The van der Waals surface area contributed by atoms with Crippen LogP contribution in [0.5, 0.6) is 5.75 Å². The summed E-state index contributed by atoms with van der Waals surface area (Å²) >= 11 is 0. The van der Waals surface area contributed by atoms with E-state index in [-0.39, 0.29) is 5.96 Å². The third-order valence-electron chi connectivity index (χ3n) is 3.14. The summed E-state index contributed by atoms with van der Waals surface area (Å²) in [7, 11) is 0. The third kappa shape index (κ3) is 3.65. The van der Waals surface area contributed by atoms with Crippen molar-refractivity contribution in [2.45, 2.75) is 32.1 Å². The lowest BCUT2D eigenvalue weighted by atomic mass is 10.0. The van der Waals surface area contributed by atoms with Crippen LogP contribution in [0, 0.1) is 0 Å². The first kappa shape index (κ1) is 12.7. The van der Waals surface area contributed by atoms with Gasteiger partial charge in [-0.25, -0.2) is 0 Å². The van der Waals surface area contributed by atoms with Crippen LogP contribution in [0.2, 0.25) is 0 Å². The van der Waals surface area contributed by atoms with E-state index in [0.29, 0.717) is 0 Å². The summed E-state index contributed by atoms with van der Waals surface area (Å²) in [5.41, 5.74) is 13.3. The summed E-state index contributed by atoms with van der Waals surface area (Å²) < 4.78 is 5.60. The molecule has 2 rings (SSSR count). The Morgan fingerprint density at radius 3 is 3.00 bits per heavy atom. The normalized spacial score (nSPS) is 13.6. The van der Waals surface area contributed by atoms with Crippen LogP contribution in [-0.4, -0.2) is 19.1 Å². The molecule has 1 aliphatic heterocycles. The molecule has 0 fully saturated rings. The molecule has 1 aromatic carbocycles. The van der Waals surface area contributed by atoms with E-state index >= 15 is 0 Å². The lowest BCUT2D eigenvalue weighted by Crippen LogP contribution is -2.22. The maximum atomic E-state index is 5.60. The lowest BCUT2D eigenvalue weighted by molar-refractivity contribution is 0.288. The highest BCUT2D eigenvalue weighted by Crippen LogP contribution is 2.26. The minimum Gasteiger partial charge on any atom is -0.493 e. The van der Waals surface area contributed by atoms with Crippen LogP contribution in [-0.2, 0) is 12.8 Å². The second kappa shape index (κ2) is 6.28. The predicted molar refractivity (Wildman–Crippen MR) is 73.9 cm³/mol. The molecule has 18 heavy (non-hydrogen) atoms. The molecule has 0 saturated carbocycles. The van der Waals surface area contributed by atoms with Gasteiger partial charge in [-0.2, -0.15) is 0 Å². The van der Waals surface area contributed by atoms with Crippen molar-refractivity contribution in [2.24, 2.45) is 16.5 Å². The van der Waals surface area contributed by atoms with E-state index in [1.54, 1.807) is 0 Å². The Morgan fingerprint density at radius 1 is 1.28 bits per heavy atom. The second-order valence-corrected chi connectivity index (χ2v) is 4.66. The van der Waals surface area contributed by atoms with Crippen LogP contribution in [0.3, 0.4) is 0 Å². The SMILES string of the molecule is NC(N)=NCCCCc1ccc2c(c1)CCCO2. The molecule has 1 heterocycles. The van der Waals surface area contributed by atoms with Gasteiger partial charge in [0.2, 0.25) is 0 Å². The van der Waals surface area contributed by atoms with Crippen LogP contribution in [0.1, 0.15) is 30.4 Å². The maximum Gasteiger partial charge on any atom is 0.185 e. The van der Waals surface area contributed by atoms with Gasteiger partial charge >= 0.3 is 0 Å². The van der Waals surface area contributed by atoms with Gasteiger partial charge in [0.05, 0.1) is 6.61 Å². The van der Waals surface area contributed by atoms with E-state index < -0.39 is 0 Å². The number of hydrogen-bond acceptors (Lipinski definition) is 2. The van der Waals surface area contributed by atoms with Crippen molar-refractivity contribution in [3.8, 4) is 5.75 Å². The zero-order valence-corrected chi connectivity index (χ0v) is 10.7. The molecule has 0 amide bonds. The van der Waals surface area contributed by atoms with Crippen molar-refractivity contribution in [3.05, 3.63) is 29.3 Å². The van der Waals surface area contributed by atoms with Gasteiger partial charge in [-0.05, 0) is 49.3 Å². The van der Waals surface area contributed by atoms with Crippen LogP contribution >= 0.6 is 0 Å². The molecule has 1 aromatic rings. The first-order valence-electron chi connectivity index (χ1n) is 6.56. The minimum absolute atomic E-state index is 0.181. The molecule has 0 saturated heterocycles. The van der Waals surface area contributed by atoms with E-state index in [2.05, 4.69) is 23.2 Å². The summed E-state index contributed by atoms with van der Waals surface area (Å²) in [4.78, 5) is 3.98. The van der Waals surface area contributed by atoms with Crippen LogP contribution in [0.15, 0.2) is 23.2 Å². The van der Waals surface area contributed by atoms with Gasteiger partial charge < -0.3 is 16.2 Å². The van der Waals surface area contributed by atoms with Gasteiger partial charge in [0, 0.05) is 6.54 Å². The number of nitrogens with two attached hydrogens (primary N) is 2. The highest BCUT2D eigenvalue weighted by atomic mass is 16.5. The smallest absolute Gasteiger partial charge is 0.185 e. The van der Waals surface area contributed by atoms with Crippen LogP contribution < -0.4 is 16.2 Å². The topological polar surface area (TPSA) is 73.6 Å². The minimum atomic E-state index is 0.181. The van der Waals surface area contributed by atoms with Gasteiger partial charge in [0.15, 0.2) is 5.96 Å². The molecule has 4 nitrogen and oxygen atoms in total.